The lowest BCUT2D eigenvalue weighted by atomic mass is 10.1. The van der Waals surface area contributed by atoms with Gasteiger partial charge in [-0.1, -0.05) is 24.6 Å². The third kappa shape index (κ3) is 3.36. The standard InChI is InChI=1S/C16H15ClO2/c1-3-15(18)12-5-8-14(9-6-12)19-16-10-13(17)7-4-11(16)2/h4-10H,3H2,1-2H3. The smallest absolute Gasteiger partial charge is 0.162 e. The largest absolute Gasteiger partial charge is 0.457 e. The van der Waals surface area contributed by atoms with Gasteiger partial charge in [0.25, 0.3) is 0 Å². The van der Waals surface area contributed by atoms with E-state index in [0.29, 0.717) is 22.8 Å². The predicted octanol–water partition coefficient (Wildman–Crippen LogP) is 5.03. The number of aryl methyl sites for hydroxylation is 1. The predicted molar refractivity (Wildman–Crippen MR) is 77.3 cm³/mol. The van der Waals surface area contributed by atoms with E-state index in [4.69, 9.17) is 16.3 Å². The van der Waals surface area contributed by atoms with E-state index < -0.39 is 0 Å². The van der Waals surface area contributed by atoms with Crippen LogP contribution in [0.4, 0.5) is 0 Å². The molecule has 0 unspecified atom stereocenters. The van der Waals surface area contributed by atoms with Crippen LogP contribution in [0.5, 0.6) is 11.5 Å². The minimum Gasteiger partial charge on any atom is -0.457 e. The first-order chi connectivity index (χ1) is 9.10. The van der Waals surface area contributed by atoms with E-state index in [1.165, 1.54) is 0 Å². The Hall–Kier alpha value is -1.80. The summed E-state index contributed by atoms with van der Waals surface area (Å²) in [5.41, 5.74) is 1.72. The Labute approximate surface area is 118 Å². The van der Waals surface area contributed by atoms with Crippen molar-refractivity contribution < 1.29 is 9.53 Å². The molecule has 0 aliphatic rings. The first-order valence-electron chi connectivity index (χ1n) is 6.17. The average molecular weight is 275 g/mol. The highest BCUT2D eigenvalue weighted by Gasteiger charge is 2.05. The van der Waals surface area contributed by atoms with Crippen molar-refractivity contribution in [1.29, 1.82) is 0 Å². The number of ether oxygens (including phenoxy) is 1. The van der Waals surface area contributed by atoms with Gasteiger partial charge in [0.1, 0.15) is 11.5 Å². The molecule has 2 aromatic carbocycles. The van der Waals surface area contributed by atoms with Crippen LogP contribution in [-0.4, -0.2) is 5.78 Å². The zero-order valence-electron chi connectivity index (χ0n) is 10.9. The summed E-state index contributed by atoms with van der Waals surface area (Å²) < 4.78 is 5.76. The molecular weight excluding hydrogens is 260 g/mol. The van der Waals surface area contributed by atoms with E-state index in [0.717, 1.165) is 11.3 Å². The quantitative estimate of drug-likeness (QED) is 0.731. The van der Waals surface area contributed by atoms with Gasteiger partial charge in [0, 0.05) is 17.0 Å². The minimum atomic E-state index is 0.130. The normalized spacial score (nSPS) is 10.3. The van der Waals surface area contributed by atoms with Crippen LogP contribution in [0.15, 0.2) is 42.5 Å². The fourth-order valence-corrected chi connectivity index (χ4v) is 1.89. The molecule has 2 rings (SSSR count). The summed E-state index contributed by atoms with van der Waals surface area (Å²) in [6, 6.07) is 12.7. The lowest BCUT2D eigenvalue weighted by Crippen LogP contribution is -1.96. The zero-order chi connectivity index (χ0) is 13.8. The van der Waals surface area contributed by atoms with Crippen molar-refractivity contribution in [3.63, 3.8) is 0 Å². The van der Waals surface area contributed by atoms with Crippen molar-refractivity contribution >= 4 is 17.4 Å². The molecular formula is C16H15ClO2. The molecule has 0 N–H and O–H groups in total. The fraction of sp³-hybridized carbons (Fsp3) is 0.188. The van der Waals surface area contributed by atoms with E-state index in [-0.39, 0.29) is 5.78 Å². The Kier molecular flexibility index (Phi) is 4.23. The number of hydrogen-bond donors (Lipinski definition) is 0. The van der Waals surface area contributed by atoms with Crippen LogP contribution < -0.4 is 4.74 Å². The topological polar surface area (TPSA) is 26.3 Å². The number of benzene rings is 2. The van der Waals surface area contributed by atoms with Crippen molar-refractivity contribution in [2.75, 3.05) is 0 Å². The van der Waals surface area contributed by atoms with Crippen molar-refractivity contribution in [2.24, 2.45) is 0 Å². The maximum atomic E-state index is 11.5. The van der Waals surface area contributed by atoms with Gasteiger partial charge in [-0.25, -0.2) is 0 Å². The van der Waals surface area contributed by atoms with E-state index in [2.05, 4.69) is 0 Å². The van der Waals surface area contributed by atoms with Gasteiger partial charge in [-0.15, -0.1) is 0 Å². The van der Waals surface area contributed by atoms with Gasteiger partial charge in [0.05, 0.1) is 0 Å². The summed E-state index contributed by atoms with van der Waals surface area (Å²) in [6.07, 6.45) is 0.508. The van der Waals surface area contributed by atoms with Crippen LogP contribution in [0.2, 0.25) is 5.02 Å². The van der Waals surface area contributed by atoms with Gasteiger partial charge < -0.3 is 4.74 Å². The van der Waals surface area contributed by atoms with E-state index in [1.807, 2.05) is 26.0 Å². The molecule has 0 amide bonds. The molecule has 98 valence electrons. The number of ketones is 1. The Morgan fingerprint density at radius 3 is 2.47 bits per heavy atom. The molecule has 0 fully saturated rings. The number of hydrogen-bond acceptors (Lipinski definition) is 2. The Balaban J connectivity index is 2.19. The van der Waals surface area contributed by atoms with Gasteiger partial charge in [-0.2, -0.15) is 0 Å². The summed E-state index contributed by atoms with van der Waals surface area (Å²) in [5.74, 6) is 1.55. The van der Waals surface area contributed by atoms with Crippen LogP contribution >= 0.6 is 11.6 Å². The molecule has 0 aliphatic heterocycles. The second-order valence-corrected chi connectivity index (χ2v) is 4.75. The molecule has 3 heteroatoms. The molecule has 19 heavy (non-hydrogen) atoms. The molecule has 0 heterocycles. The van der Waals surface area contributed by atoms with Crippen LogP contribution in [-0.2, 0) is 0 Å². The molecule has 0 aliphatic carbocycles. The van der Waals surface area contributed by atoms with Crippen molar-refractivity contribution in [2.45, 2.75) is 20.3 Å². The molecule has 0 aromatic heterocycles. The maximum absolute atomic E-state index is 11.5. The summed E-state index contributed by atoms with van der Waals surface area (Å²) >= 11 is 5.94. The Morgan fingerprint density at radius 2 is 1.84 bits per heavy atom. The van der Waals surface area contributed by atoms with Gasteiger partial charge in [0.15, 0.2) is 5.78 Å². The lowest BCUT2D eigenvalue weighted by Gasteiger charge is -2.09. The molecule has 2 nitrogen and oxygen atoms in total. The Bertz CT molecular complexity index is 588. The summed E-state index contributed by atoms with van der Waals surface area (Å²) in [5, 5.41) is 0.637. The molecule has 0 saturated carbocycles. The number of halogens is 1. The Morgan fingerprint density at radius 1 is 1.16 bits per heavy atom. The molecule has 0 radical (unpaired) electrons. The highest BCUT2D eigenvalue weighted by molar-refractivity contribution is 6.30. The highest BCUT2D eigenvalue weighted by atomic mass is 35.5. The zero-order valence-corrected chi connectivity index (χ0v) is 11.7. The lowest BCUT2D eigenvalue weighted by molar-refractivity contribution is 0.0988. The summed E-state index contributed by atoms with van der Waals surface area (Å²) in [6.45, 7) is 3.81. The third-order valence-electron chi connectivity index (χ3n) is 2.88. The van der Waals surface area contributed by atoms with E-state index in [1.54, 1.807) is 30.3 Å². The molecule has 0 bridgehead atoms. The number of carbonyl (C=O) groups is 1. The third-order valence-corrected chi connectivity index (χ3v) is 3.11. The first kappa shape index (κ1) is 13.6. The second-order valence-electron chi connectivity index (χ2n) is 4.31. The van der Waals surface area contributed by atoms with Gasteiger partial charge >= 0.3 is 0 Å². The SMILES string of the molecule is CCC(=O)c1ccc(Oc2cc(Cl)ccc2C)cc1. The van der Waals surface area contributed by atoms with Crippen LogP contribution in [0.3, 0.4) is 0 Å². The highest BCUT2D eigenvalue weighted by Crippen LogP contribution is 2.28. The maximum Gasteiger partial charge on any atom is 0.162 e. The monoisotopic (exact) mass is 274 g/mol. The van der Waals surface area contributed by atoms with E-state index in [9.17, 15) is 4.79 Å². The molecule has 0 spiro atoms. The van der Waals surface area contributed by atoms with Crippen molar-refractivity contribution in [3.05, 3.63) is 58.6 Å². The van der Waals surface area contributed by atoms with E-state index >= 15 is 0 Å². The number of Topliss-reactive ketones (excluding diaryl/α,β-unsaturated/α-hetero) is 1. The van der Waals surface area contributed by atoms with Gasteiger partial charge in [0.2, 0.25) is 0 Å². The molecule has 0 atom stereocenters. The summed E-state index contributed by atoms with van der Waals surface area (Å²) in [7, 11) is 0. The number of rotatable bonds is 4. The van der Waals surface area contributed by atoms with Gasteiger partial charge in [-0.3, -0.25) is 4.79 Å². The second kappa shape index (κ2) is 5.89. The fourth-order valence-electron chi connectivity index (χ4n) is 1.72. The molecule has 0 saturated heterocycles. The van der Waals surface area contributed by atoms with Crippen molar-refractivity contribution in [3.8, 4) is 11.5 Å². The number of carbonyl (C=O) groups excluding carboxylic acids is 1. The average Bonchev–Trinajstić information content (AvgIpc) is 2.43. The first-order valence-corrected chi connectivity index (χ1v) is 6.55. The van der Waals surface area contributed by atoms with Crippen LogP contribution in [0.1, 0.15) is 29.3 Å². The van der Waals surface area contributed by atoms with Gasteiger partial charge in [-0.05, 0) is 48.9 Å². The van der Waals surface area contributed by atoms with Crippen LogP contribution in [0, 0.1) is 6.92 Å². The van der Waals surface area contributed by atoms with Crippen LogP contribution in [0.25, 0.3) is 0 Å². The van der Waals surface area contributed by atoms with Crippen molar-refractivity contribution in [1.82, 2.24) is 0 Å². The minimum absolute atomic E-state index is 0.130. The summed E-state index contributed by atoms with van der Waals surface area (Å²) in [4.78, 5) is 11.5. The molecule has 2 aromatic rings.